The van der Waals surface area contributed by atoms with Gasteiger partial charge in [-0.1, -0.05) is 23.2 Å². The van der Waals surface area contributed by atoms with E-state index in [0.29, 0.717) is 10.0 Å². The fraction of sp³-hybridized carbons (Fsp3) is 0.167. The van der Waals surface area contributed by atoms with E-state index in [-0.39, 0.29) is 6.04 Å². The van der Waals surface area contributed by atoms with Gasteiger partial charge in [0.05, 0.1) is 34.3 Å². The average molecular weight is 335 g/mol. The van der Waals surface area contributed by atoms with E-state index in [4.69, 9.17) is 27.6 Å². The van der Waals surface area contributed by atoms with E-state index in [1.807, 2.05) is 25.1 Å². The third-order valence-electron chi connectivity index (χ3n) is 2.45. The highest BCUT2D eigenvalue weighted by Gasteiger charge is 2.12. The normalized spacial score (nSPS) is 12.5. The molecule has 2 aromatic rings. The van der Waals surface area contributed by atoms with Crippen molar-refractivity contribution < 1.29 is 4.42 Å². The lowest BCUT2D eigenvalue weighted by Gasteiger charge is -2.15. The van der Waals surface area contributed by atoms with Crippen LogP contribution in [0.3, 0.4) is 0 Å². The first kappa shape index (κ1) is 12.8. The van der Waals surface area contributed by atoms with Crippen molar-refractivity contribution in [1.82, 2.24) is 0 Å². The molecular formula is C12H10BrCl2NO. The third-order valence-corrected chi connectivity index (χ3v) is 4.22. The second-order valence-corrected chi connectivity index (χ2v) is 5.26. The molecule has 0 aliphatic heterocycles. The molecule has 1 atom stereocenters. The van der Waals surface area contributed by atoms with Gasteiger partial charge in [-0.3, -0.25) is 0 Å². The number of benzene rings is 1. The monoisotopic (exact) mass is 333 g/mol. The topological polar surface area (TPSA) is 25.2 Å². The molecule has 0 fully saturated rings. The van der Waals surface area contributed by atoms with E-state index in [1.165, 1.54) is 0 Å². The summed E-state index contributed by atoms with van der Waals surface area (Å²) in [7, 11) is 0. The van der Waals surface area contributed by atoms with E-state index in [1.54, 1.807) is 12.5 Å². The SMILES string of the molecule is CC(Nc1ccc(Br)c(Cl)c1Cl)c1ccoc1. The largest absolute Gasteiger partial charge is 0.472 e. The van der Waals surface area contributed by atoms with Crippen LogP contribution in [0.25, 0.3) is 0 Å². The fourth-order valence-corrected chi connectivity index (χ4v) is 2.30. The van der Waals surface area contributed by atoms with Crippen LogP contribution in [0.4, 0.5) is 5.69 Å². The quantitative estimate of drug-likeness (QED) is 0.747. The second-order valence-electron chi connectivity index (χ2n) is 3.65. The van der Waals surface area contributed by atoms with Crippen LogP contribution in [0.2, 0.25) is 10.0 Å². The van der Waals surface area contributed by atoms with Crippen molar-refractivity contribution in [2.75, 3.05) is 5.32 Å². The van der Waals surface area contributed by atoms with Gasteiger partial charge in [-0.2, -0.15) is 0 Å². The smallest absolute Gasteiger partial charge is 0.0955 e. The molecule has 1 aromatic heterocycles. The van der Waals surface area contributed by atoms with Gasteiger partial charge in [0.2, 0.25) is 0 Å². The first-order valence-corrected chi connectivity index (χ1v) is 6.56. The Balaban J connectivity index is 2.22. The Bertz CT molecular complexity index is 513. The highest BCUT2D eigenvalue weighted by atomic mass is 79.9. The Morgan fingerprint density at radius 1 is 1.24 bits per heavy atom. The zero-order valence-electron chi connectivity index (χ0n) is 9.01. The molecule has 0 aliphatic carbocycles. The molecule has 1 unspecified atom stereocenters. The molecule has 0 aliphatic rings. The Morgan fingerprint density at radius 2 is 2.00 bits per heavy atom. The van der Waals surface area contributed by atoms with Gasteiger partial charge in [0.25, 0.3) is 0 Å². The van der Waals surface area contributed by atoms with E-state index < -0.39 is 0 Å². The molecule has 2 rings (SSSR count). The van der Waals surface area contributed by atoms with E-state index in [2.05, 4.69) is 21.2 Å². The molecule has 1 aromatic carbocycles. The molecule has 0 spiro atoms. The zero-order valence-corrected chi connectivity index (χ0v) is 12.1. The van der Waals surface area contributed by atoms with Gasteiger partial charge >= 0.3 is 0 Å². The maximum Gasteiger partial charge on any atom is 0.0955 e. The van der Waals surface area contributed by atoms with Crippen LogP contribution in [0, 0.1) is 0 Å². The first-order valence-electron chi connectivity index (χ1n) is 5.01. The lowest BCUT2D eigenvalue weighted by molar-refractivity contribution is 0.562. The van der Waals surface area contributed by atoms with Crippen molar-refractivity contribution in [1.29, 1.82) is 0 Å². The predicted octanol–water partition coefficient (Wildman–Crippen LogP) is 5.52. The molecule has 1 N–H and O–H groups in total. The predicted molar refractivity (Wildman–Crippen MR) is 74.9 cm³/mol. The van der Waals surface area contributed by atoms with Crippen LogP contribution < -0.4 is 5.32 Å². The number of hydrogen-bond acceptors (Lipinski definition) is 2. The maximum atomic E-state index is 6.16. The second kappa shape index (κ2) is 5.34. The molecule has 0 radical (unpaired) electrons. The summed E-state index contributed by atoms with van der Waals surface area (Å²) < 4.78 is 5.82. The number of anilines is 1. The van der Waals surface area contributed by atoms with E-state index >= 15 is 0 Å². The molecule has 1 heterocycles. The number of nitrogens with one attached hydrogen (secondary N) is 1. The van der Waals surface area contributed by atoms with Crippen molar-refractivity contribution in [2.24, 2.45) is 0 Å². The summed E-state index contributed by atoms with van der Waals surface area (Å²) >= 11 is 15.5. The molecule has 0 saturated carbocycles. The molecule has 0 bridgehead atoms. The van der Waals surface area contributed by atoms with E-state index in [9.17, 15) is 0 Å². The maximum absolute atomic E-state index is 6.16. The number of rotatable bonds is 3. The van der Waals surface area contributed by atoms with Crippen molar-refractivity contribution in [3.8, 4) is 0 Å². The van der Waals surface area contributed by atoms with Crippen LogP contribution in [0.15, 0.2) is 39.6 Å². The van der Waals surface area contributed by atoms with Crippen LogP contribution >= 0.6 is 39.1 Å². The molecule has 2 nitrogen and oxygen atoms in total. The Morgan fingerprint density at radius 3 is 2.65 bits per heavy atom. The Hall–Kier alpha value is -0.640. The number of hydrogen-bond donors (Lipinski definition) is 1. The highest BCUT2D eigenvalue weighted by molar-refractivity contribution is 9.10. The minimum atomic E-state index is 0.100. The highest BCUT2D eigenvalue weighted by Crippen LogP contribution is 2.37. The van der Waals surface area contributed by atoms with Gasteiger partial charge < -0.3 is 9.73 Å². The summed E-state index contributed by atoms with van der Waals surface area (Å²) in [6.07, 6.45) is 3.34. The van der Waals surface area contributed by atoms with Gasteiger partial charge in [-0.15, -0.1) is 0 Å². The van der Waals surface area contributed by atoms with Gasteiger partial charge in [-0.05, 0) is 41.1 Å². The Kier molecular flexibility index (Phi) is 4.02. The van der Waals surface area contributed by atoms with Crippen molar-refractivity contribution in [3.05, 3.63) is 50.8 Å². The van der Waals surface area contributed by atoms with Crippen LogP contribution in [0.1, 0.15) is 18.5 Å². The Labute approximate surface area is 118 Å². The summed E-state index contributed by atoms with van der Waals surface area (Å²) in [5, 5.41) is 4.30. The van der Waals surface area contributed by atoms with Crippen LogP contribution in [-0.4, -0.2) is 0 Å². The summed E-state index contributed by atoms with van der Waals surface area (Å²) in [6, 6.07) is 5.75. The van der Waals surface area contributed by atoms with Crippen LogP contribution in [0.5, 0.6) is 0 Å². The number of furan rings is 1. The summed E-state index contributed by atoms with van der Waals surface area (Å²) in [5.41, 5.74) is 1.86. The molecular weight excluding hydrogens is 325 g/mol. The zero-order chi connectivity index (χ0) is 12.4. The van der Waals surface area contributed by atoms with Crippen molar-refractivity contribution >= 4 is 44.8 Å². The molecule has 0 amide bonds. The van der Waals surface area contributed by atoms with E-state index in [0.717, 1.165) is 15.7 Å². The molecule has 17 heavy (non-hydrogen) atoms. The lowest BCUT2D eigenvalue weighted by atomic mass is 10.1. The van der Waals surface area contributed by atoms with Crippen molar-refractivity contribution in [3.63, 3.8) is 0 Å². The third kappa shape index (κ3) is 2.79. The van der Waals surface area contributed by atoms with Gasteiger partial charge in [-0.25, -0.2) is 0 Å². The molecule has 0 saturated heterocycles. The molecule has 90 valence electrons. The van der Waals surface area contributed by atoms with Crippen LogP contribution in [-0.2, 0) is 0 Å². The fourth-order valence-electron chi connectivity index (χ4n) is 1.48. The van der Waals surface area contributed by atoms with Crippen molar-refractivity contribution in [2.45, 2.75) is 13.0 Å². The minimum absolute atomic E-state index is 0.100. The van der Waals surface area contributed by atoms with Gasteiger partial charge in [0.1, 0.15) is 0 Å². The summed E-state index contributed by atoms with van der Waals surface area (Å²) in [4.78, 5) is 0. The minimum Gasteiger partial charge on any atom is -0.472 e. The number of halogens is 3. The van der Waals surface area contributed by atoms with Gasteiger partial charge in [0.15, 0.2) is 0 Å². The summed E-state index contributed by atoms with van der Waals surface area (Å²) in [5.74, 6) is 0. The summed E-state index contributed by atoms with van der Waals surface area (Å²) in [6.45, 7) is 2.02. The lowest BCUT2D eigenvalue weighted by Crippen LogP contribution is -2.06. The first-order chi connectivity index (χ1) is 8.09. The standard InChI is InChI=1S/C12H10BrCl2NO/c1-7(8-4-5-17-6-8)16-10-3-2-9(13)11(14)12(10)15/h2-7,16H,1H3. The molecule has 5 heteroatoms. The van der Waals surface area contributed by atoms with Gasteiger partial charge in [0, 0.05) is 10.0 Å². The average Bonchev–Trinajstić information content (AvgIpc) is 2.83.